The normalized spacial score (nSPS) is 28.7. The molecule has 1 aliphatic carbocycles. The minimum atomic E-state index is -0.300. The van der Waals surface area contributed by atoms with Crippen LogP contribution in [-0.2, 0) is 4.74 Å². The van der Waals surface area contributed by atoms with Crippen molar-refractivity contribution in [3.05, 3.63) is 23.8 Å². The van der Waals surface area contributed by atoms with E-state index in [0.717, 1.165) is 49.3 Å². The number of hydrogen-bond acceptors (Lipinski definition) is 5. The third-order valence-corrected chi connectivity index (χ3v) is 5.61. The zero-order valence-electron chi connectivity index (χ0n) is 15.6. The summed E-state index contributed by atoms with van der Waals surface area (Å²) >= 11 is 0. The molecular formula is C20H31NO4. The van der Waals surface area contributed by atoms with Crippen molar-refractivity contribution in [1.82, 2.24) is 4.90 Å². The molecule has 4 atom stereocenters. The monoisotopic (exact) mass is 349 g/mol. The third-order valence-electron chi connectivity index (χ3n) is 5.61. The van der Waals surface area contributed by atoms with E-state index in [1.807, 2.05) is 18.2 Å². The van der Waals surface area contributed by atoms with Crippen LogP contribution in [0.1, 0.15) is 57.1 Å². The molecule has 1 saturated heterocycles. The van der Waals surface area contributed by atoms with E-state index in [-0.39, 0.29) is 18.4 Å². The minimum Gasteiger partial charge on any atom is -0.493 e. The van der Waals surface area contributed by atoms with Gasteiger partial charge < -0.3 is 19.3 Å². The van der Waals surface area contributed by atoms with Gasteiger partial charge in [-0.3, -0.25) is 4.90 Å². The zero-order valence-corrected chi connectivity index (χ0v) is 15.6. The lowest BCUT2D eigenvalue weighted by molar-refractivity contribution is -0.100. The van der Waals surface area contributed by atoms with Gasteiger partial charge in [0.25, 0.3) is 0 Å². The molecule has 0 unspecified atom stereocenters. The van der Waals surface area contributed by atoms with E-state index in [1.165, 1.54) is 12.8 Å². The summed E-state index contributed by atoms with van der Waals surface area (Å²) in [4.78, 5) is 2.26. The number of ether oxygens (including phenoxy) is 3. The number of rotatable bonds is 6. The molecule has 0 aromatic heterocycles. The SMILES string of the molecule is COc1ccc([C@@H](C)O[C@@H]2CCCC[C@H]2N2CCC[C@H]2O)cc1OC. The number of aliphatic hydroxyl groups is 1. The lowest BCUT2D eigenvalue weighted by atomic mass is 9.91. The molecule has 0 amide bonds. The molecule has 1 heterocycles. The Morgan fingerprint density at radius 3 is 2.48 bits per heavy atom. The molecule has 2 aliphatic rings. The summed E-state index contributed by atoms with van der Waals surface area (Å²) in [7, 11) is 3.30. The first kappa shape index (κ1) is 18.5. The highest BCUT2D eigenvalue weighted by Gasteiger charge is 2.37. The van der Waals surface area contributed by atoms with E-state index in [2.05, 4.69) is 11.8 Å². The van der Waals surface area contributed by atoms with Gasteiger partial charge in [-0.05, 0) is 50.3 Å². The van der Waals surface area contributed by atoms with Crippen LogP contribution in [0.25, 0.3) is 0 Å². The highest BCUT2D eigenvalue weighted by Crippen LogP contribution is 2.35. The first-order chi connectivity index (χ1) is 12.1. The Kier molecular flexibility index (Phi) is 6.20. The maximum absolute atomic E-state index is 10.3. The van der Waals surface area contributed by atoms with E-state index < -0.39 is 0 Å². The topological polar surface area (TPSA) is 51.2 Å². The van der Waals surface area contributed by atoms with Crippen molar-refractivity contribution in [3.63, 3.8) is 0 Å². The van der Waals surface area contributed by atoms with Crippen molar-refractivity contribution in [2.24, 2.45) is 0 Å². The summed E-state index contributed by atoms with van der Waals surface area (Å²) in [5.41, 5.74) is 1.09. The molecule has 140 valence electrons. The van der Waals surface area contributed by atoms with E-state index in [1.54, 1.807) is 14.2 Å². The Morgan fingerprint density at radius 1 is 1.04 bits per heavy atom. The lowest BCUT2D eigenvalue weighted by Crippen LogP contribution is -2.48. The second-order valence-corrected chi connectivity index (χ2v) is 7.14. The van der Waals surface area contributed by atoms with Crippen molar-refractivity contribution in [2.75, 3.05) is 20.8 Å². The van der Waals surface area contributed by atoms with Crippen molar-refractivity contribution >= 4 is 0 Å². The van der Waals surface area contributed by atoms with Gasteiger partial charge in [-0.15, -0.1) is 0 Å². The van der Waals surface area contributed by atoms with Crippen LogP contribution in [0, 0.1) is 0 Å². The molecule has 5 nitrogen and oxygen atoms in total. The second-order valence-electron chi connectivity index (χ2n) is 7.14. The fraction of sp³-hybridized carbons (Fsp3) is 0.700. The number of benzene rings is 1. The van der Waals surface area contributed by atoms with Crippen molar-refractivity contribution in [1.29, 1.82) is 0 Å². The Hall–Kier alpha value is -1.30. The van der Waals surface area contributed by atoms with Crippen LogP contribution in [0.15, 0.2) is 18.2 Å². The van der Waals surface area contributed by atoms with Crippen molar-refractivity contribution in [2.45, 2.75) is 69.9 Å². The van der Waals surface area contributed by atoms with E-state index in [4.69, 9.17) is 14.2 Å². The Morgan fingerprint density at radius 2 is 1.80 bits per heavy atom. The van der Waals surface area contributed by atoms with Gasteiger partial charge in [-0.25, -0.2) is 0 Å². The fourth-order valence-corrected chi connectivity index (χ4v) is 4.22. The van der Waals surface area contributed by atoms with Gasteiger partial charge in [0.2, 0.25) is 0 Å². The van der Waals surface area contributed by atoms with E-state index in [9.17, 15) is 5.11 Å². The number of methoxy groups -OCH3 is 2. The average molecular weight is 349 g/mol. The number of hydrogen-bond donors (Lipinski definition) is 1. The third kappa shape index (κ3) is 4.10. The molecule has 0 bridgehead atoms. The Bertz CT molecular complexity index is 565. The van der Waals surface area contributed by atoms with Gasteiger partial charge in [-0.2, -0.15) is 0 Å². The van der Waals surface area contributed by atoms with Crippen LogP contribution in [0.3, 0.4) is 0 Å². The predicted octanol–water partition coefficient (Wildman–Crippen LogP) is 3.51. The summed E-state index contributed by atoms with van der Waals surface area (Å²) < 4.78 is 17.2. The Labute approximate surface area is 150 Å². The van der Waals surface area contributed by atoms with Crippen LogP contribution in [0.2, 0.25) is 0 Å². The smallest absolute Gasteiger partial charge is 0.161 e. The van der Waals surface area contributed by atoms with Gasteiger partial charge in [0.05, 0.1) is 26.4 Å². The summed E-state index contributed by atoms with van der Waals surface area (Å²) in [5.74, 6) is 1.46. The number of nitrogens with zero attached hydrogens (tertiary/aromatic N) is 1. The van der Waals surface area contributed by atoms with Gasteiger partial charge >= 0.3 is 0 Å². The zero-order chi connectivity index (χ0) is 17.8. The van der Waals surface area contributed by atoms with Crippen LogP contribution >= 0.6 is 0 Å². The predicted molar refractivity (Wildman–Crippen MR) is 97.0 cm³/mol. The molecule has 25 heavy (non-hydrogen) atoms. The molecule has 1 aliphatic heterocycles. The van der Waals surface area contributed by atoms with Crippen LogP contribution < -0.4 is 9.47 Å². The average Bonchev–Trinajstić information content (AvgIpc) is 3.07. The molecule has 1 aromatic carbocycles. The fourth-order valence-electron chi connectivity index (χ4n) is 4.22. The minimum absolute atomic E-state index is 0.0230. The molecule has 3 rings (SSSR count). The van der Waals surface area contributed by atoms with E-state index in [0.29, 0.717) is 6.04 Å². The second kappa shape index (κ2) is 8.39. The Balaban J connectivity index is 1.70. The van der Waals surface area contributed by atoms with E-state index >= 15 is 0 Å². The quantitative estimate of drug-likeness (QED) is 0.852. The summed E-state index contributed by atoms with van der Waals surface area (Å²) in [6, 6.07) is 6.28. The molecular weight excluding hydrogens is 318 g/mol. The summed E-state index contributed by atoms with van der Waals surface area (Å²) in [5, 5.41) is 10.3. The first-order valence-electron chi connectivity index (χ1n) is 9.45. The summed E-state index contributed by atoms with van der Waals surface area (Å²) in [6.07, 6.45) is 6.40. The maximum Gasteiger partial charge on any atom is 0.161 e. The lowest BCUT2D eigenvalue weighted by Gasteiger charge is -2.40. The molecule has 1 N–H and O–H groups in total. The molecule has 2 fully saturated rings. The molecule has 1 saturated carbocycles. The maximum atomic E-state index is 10.3. The number of aliphatic hydroxyl groups excluding tert-OH is 1. The standard InChI is InChI=1S/C20H31NO4/c1-14(15-10-11-18(23-2)19(13-15)24-3)25-17-8-5-4-7-16(17)21-12-6-9-20(21)22/h10-11,13-14,16-17,20,22H,4-9,12H2,1-3H3/t14-,16-,17-,20-/m1/s1. The van der Waals surface area contributed by atoms with Gasteiger partial charge in [0, 0.05) is 12.6 Å². The van der Waals surface area contributed by atoms with Gasteiger partial charge in [-0.1, -0.05) is 18.9 Å². The van der Waals surface area contributed by atoms with Gasteiger partial charge in [0.15, 0.2) is 11.5 Å². The highest BCUT2D eigenvalue weighted by molar-refractivity contribution is 5.43. The van der Waals surface area contributed by atoms with Crippen LogP contribution in [0.5, 0.6) is 11.5 Å². The largest absolute Gasteiger partial charge is 0.493 e. The van der Waals surface area contributed by atoms with Crippen LogP contribution in [0.4, 0.5) is 0 Å². The molecule has 5 heteroatoms. The molecule has 0 radical (unpaired) electrons. The highest BCUT2D eigenvalue weighted by atomic mass is 16.5. The molecule has 1 aromatic rings. The summed E-state index contributed by atoms with van der Waals surface area (Å²) in [6.45, 7) is 3.07. The number of likely N-dealkylation sites (tertiary alicyclic amines) is 1. The van der Waals surface area contributed by atoms with Crippen molar-refractivity contribution < 1.29 is 19.3 Å². The first-order valence-corrected chi connectivity index (χ1v) is 9.45. The molecule has 0 spiro atoms. The van der Waals surface area contributed by atoms with Gasteiger partial charge in [0.1, 0.15) is 6.23 Å². The van der Waals surface area contributed by atoms with Crippen molar-refractivity contribution in [3.8, 4) is 11.5 Å². The van der Waals surface area contributed by atoms with Crippen LogP contribution in [-0.4, -0.2) is 49.1 Å².